The summed E-state index contributed by atoms with van der Waals surface area (Å²) in [7, 11) is 3.98. The van der Waals surface area contributed by atoms with Gasteiger partial charge in [-0.2, -0.15) is 0 Å². The van der Waals surface area contributed by atoms with Crippen LogP contribution in [0.4, 0.5) is 5.69 Å². The molecule has 0 aliphatic carbocycles. The highest BCUT2D eigenvalue weighted by Crippen LogP contribution is 2.24. The van der Waals surface area contributed by atoms with E-state index in [9.17, 15) is 0 Å². The number of aromatic nitrogens is 2. The first-order valence-electron chi connectivity index (χ1n) is 4.64. The number of nitrogen functional groups attached to an aromatic ring is 1. The summed E-state index contributed by atoms with van der Waals surface area (Å²) in [5, 5.41) is 0.625. The Morgan fingerprint density at radius 2 is 2.20 bits per heavy atom. The van der Waals surface area contributed by atoms with Gasteiger partial charge in [0.05, 0.1) is 17.7 Å². The lowest BCUT2D eigenvalue weighted by atomic mass is 10.3. The van der Waals surface area contributed by atoms with Crippen LogP contribution in [0, 0.1) is 0 Å². The first-order valence-corrected chi connectivity index (χ1v) is 5.02. The SMILES string of the molecule is CN(C)Cc1nc2c(N)cc(Cl)cc2[nH]1. The summed E-state index contributed by atoms with van der Waals surface area (Å²) < 4.78 is 0. The molecule has 2 aromatic rings. The summed E-state index contributed by atoms with van der Waals surface area (Å²) >= 11 is 5.90. The van der Waals surface area contributed by atoms with Crippen molar-refractivity contribution < 1.29 is 0 Å². The Kier molecular flexibility index (Phi) is 2.54. The Balaban J connectivity index is 2.50. The number of aromatic amines is 1. The first kappa shape index (κ1) is 10.3. The van der Waals surface area contributed by atoms with Gasteiger partial charge in [-0.3, -0.25) is 0 Å². The number of rotatable bonds is 2. The van der Waals surface area contributed by atoms with Crippen molar-refractivity contribution in [2.45, 2.75) is 6.54 Å². The number of anilines is 1. The van der Waals surface area contributed by atoms with E-state index >= 15 is 0 Å². The van der Waals surface area contributed by atoms with Crippen LogP contribution in [0.25, 0.3) is 11.0 Å². The molecule has 80 valence electrons. The van der Waals surface area contributed by atoms with E-state index in [1.165, 1.54) is 0 Å². The lowest BCUT2D eigenvalue weighted by molar-refractivity contribution is 0.392. The van der Waals surface area contributed by atoms with Gasteiger partial charge >= 0.3 is 0 Å². The Hall–Kier alpha value is -1.26. The van der Waals surface area contributed by atoms with Crippen molar-refractivity contribution in [2.24, 2.45) is 0 Å². The molecule has 0 fully saturated rings. The van der Waals surface area contributed by atoms with Gasteiger partial charge in [-0.05, 0) is 26.2 Å². The monoisotopic (exact) mass is 224 g/mol. The summed E-state index contributed by atoms with van der Waals surface area (Å²) in [5.41, 5.74) is 8.10. The molecular weight excluding hydrogens is 212 g/mol. The Morgan fingerprint density at radius 1 is 1.47 bits per heavy atom. The zero-order valence-corrected chi connectivity index (χ0v) is 9.47. The molecule has 1 aromatic carbocycles. The highest BCUT2D eigenvalue weighted by molar-refractivity contribution is 6.31. The van der Waals surface area contributed by atoms with Gasteiger partial charge in [0.1, 0.15) is 11.3 Å². The summed E-state index contributed by atoms with van der Waals surface area (Å²) in [5.74, 6) is 0.893. The number of nitrogens with one attached hydrogen (secondary N) is 1. The fraction of sp³-hybridized carbons (Fsp3) is 0.300. The standard InChI is InChI=1S/C10H13ClN4/c1-15(2)5-9-13-8-4-6(11)3-7(12)10(8)14-9/h3-4H,5,12H2,1-2H3,(H,13,14). The van der Waals surface area contributed by atoms with Gasteiger partial charge in [-0.25, -0.2) is 4.98 Å². The fourth-order valence-corrected chi connectivity index (χ4v) is 1.76. The minimum absolute atomic E-state index is 0.610. The maximum atomic E-state index is 5.90. The number of nitrogens with zero attached hydrogens (tertiary/aromatic N) is 2. The predicted octanol–water partition coefficient (Wildman–Crippen LogP) is 1.86. The fourth-order valence-electron chi connectivity index (χ4n) is 1.53. The van der Waals surface area contributed by atoms with E-state index in [4.69, 9.17) is 17.3 Å². The highest BCUT2D eigenvalue weighted by Gasteiger charge is 2.07. The lowest BCUT2D eigenvalue weighted by Gasteiger charge is -2.04. The topological polar surface area (TPSA) is 57.9 Å². The maximum absolute atomic E-state index is 5.90. The van der Waals surface area contributed by atoms with E-state index in [1.807, 2.05) is 25.1 Å². The molecule has 5 heteroatoms. The molecule has 0 saturated carbocycles. The van der Waals surface area contributed by atoms with Crippen LogP contribution in [-0.4, -0.2) is 29.0 Å². The van der Waals surface area contributed by atoms with Gasteiger partial charge in [0.2, 0.25) is 0 Å². The number of hydrogen-bond donors (Lipinski definition) is 2. The third-order valence-corrected chi connectivity index (χ3v) is 2.31. The molecule has 0 bridgehead atoms. The molecule has 2 rings (SSSR count). The second-order valence-electron chi connectivity index (χ2n) is 3.81. The molecule has 15 heavy (non-hydrogen) atoms. The predicted molar refractivity (Wildman–Crippen MR) is 62.9 cm³/mol. The largest absolute Gasteiger partial charge is 0.397 e. The quantitative estimate of drug-likeness (QED) is 0.766. The summed E-state index contributed by atoms with van der Waals surface area (Å²) in [6.45, 7) is 0.756. The van der Waals surface area contributed by atoms with Crippen LogP contribution in [0.2, 0.25) is 5.02 Å². The van der Waals surface area contributed by atoms with E-state index < -0.39 is 0 Å². The third-order valence-electron chi connectivity index (χ3n) is 2.10. The van der Waals surface area contributed by atoms with Crippen LogP contribution < -0.4 is 5.73 Å². The van der Waals surface area contributed by atoms with E-state index in [1.54, 1.807) is 6.07 Å². The second kappa shape index (κ2) is 3.72. The van der Waals surface area contributed by atoms with Crippen molar-refractivity contribution in [3.63, 3.8) is 0 Å². The molecule has 4 nitrogen and oxygen atoms in total. The van der Waals surface area contributed by atoms with Gasteiger partial charge in [0.25, 0.3) is 0 Å². The molecule has 0 aliphatic heterocycles. The average Bonchev–Trinajstić information content (AvgIpc) is 2.45. The molecule has 0 aliphatic rings. The molecule has 0 spiro atoms. The highest BCUT2D eigenvalue weighted by atomic mass is 35.5. The summed E-state index contributed by atoms with van der Waals surface area (Å²) in [4.78, 5) is 9.64. The van der Waals surface area contributed by atoms with Gasteiger partial charge in [0.15, 0.2) is 0 Å². The van der Waals surface area contributed by atoms with Gasteiger partial charge < -0.3 is 15.6 Å². The third kappa shape index (κ3) is 2.06. The number of H-pyrrole nitrogens is 1. The maximum Gasteiger partial charge on any atom is 0.121 e. The molecule has 0 atom stereocenters. The molecular formula is C10H13ClN4. The number of hydrogen-bond acceptors (Lipinski definition) is 3. The van der Waals surface area contributed by atoms with Crippen LogP contribution >= 0.6 is 11.6 Å². The molecule has 0 radical (unpaired) electrons. The molecule has 3 N–H and O–H groups in total. The molecule has 1 heterocycles. The average molecular weight is 225 g/mol. The van der Waals surface area contributed by atoms with Crippen LogP contribution in [0.1, 0.15) is 5.82 Å². The van der Waals surface area contributed by atoms with E-state index in [-0.39, 0.29) is 0 Å². The normalized spacial score (nSPS) is 11.5. The second-order valence-corrected chi connectivity index (χ2v) is 4.25. The van der Waals surface area contributed by atoms with Crippen LogP contribution in [0.15, 0.2) is 12.1 Å². The summed E-state index contributed by atoms with van der Waals surface area (Å²) in [6, 6.07) is 3.55. The van der Waals surface area contributed by atoms with E-state index in [2.05, 4.69) is 9.97 Å². The van der Waals surface area contributed by atoms with Crippen molar-refractivity contribution in [1.82, 2.24) is 14.9 Å². The van der Waals surface area contributed by atoms with Crippen molar-refractivity contribution in [3.8, 4) is 0 Å². The number of imidazole rings is 1. The van der Waals surface area contributed by atoms with Crippen molar-refractivity contribution in [2.75, 3.05) is 19.8 Å². The van der Waals surface area contributed by atoms with Crippen LogP contribution in [-0.2, 0) is 6.54 Å². The molecule has 0 amide bonds. The van der Waals surface area contributed by atoms with Crippen LogP contribution in [0.5, 0.6) is 0 Å². The zero-order valence-electron chi connectivity index (χ0n) is 8.71. The van der Waals surface area contributed by atoms with Crippen molar-refractivity contribution in [1.29, 1.82) is 0 Å². The lowest BCUT2D eigenvalue weighted by Crippen LogP contribution is -2.11. The molecule has 1 aromatic heterocycles. The Bertz CT molecular complexity index is 489. The number of fused-ring (bicyclic) bond motifs is 1. The Labute approximate surface area is 93.0 Å². The molecule has 0 unspecified atom stereocenters. The van der Waals surface area contributed by atoms with Crippen LogP contribution in [0.3, 0.4) is 0 Å². The number of halogens is 1. The van der Waals surface area contributed by atoms with Gasteiger partial charge in [-0.15, -0.1) is 0 Å². The van der Waals surface area contributed by atoms with Gasteiger partial charge in [0, 0.05) is 5.02 Å². The number of nitrogens with two attached hydrogens (primary N) is 1. The summed E-state index contributed by atoms with van der Waals surface area (Å²) in [6.07, 6.45) is 0. The minimum atomic E-state index is 0.610. The smallest absolute Gasteiger partial charge is 0.121 e. The van der Waals surface area contributed by atoms with Gasteiger partial charge in [-0.1, -0.05) is 11.6 Å². The Morgan fingerprint density at radius 3 is 2.87 bits per heavy atom. The zero-order chi connectivity index (χ0) is 11.0. The minimum Gasteiger partial charge on any atom is -0.397 e. The van der Waals surface area contributed by atoms with E-state index in [0.717, 1.165) is 23.4 Å². The first-order chi connectivity index (χ1) is 7.06. The van der Waals surface area contributed by atoms with Crippen molar-refractivity contribution in [3.05, 3.63) is 23.0 Å². The van der Waals surface area contributed by atoms with Crippen molar-refractivity contribution >= 4 is 28.3 Å². The molecule has 0 saturated heterocycles. The van der Waals surface area contributed by atoms with E-state index in [0.29, 0.717) is 10.7 Å². The number of benzene rings is 1.